The second kappa shape index (κ2) is 4.23. The molecular formula is C9H14N4O. The summed E-state index contributed by atoms with van der Waals surface area (Å²) >= 11 is 0. The first kappa shape index (κ1) is 9.21. The summed E-state index contributed by atoms with van der Waals surface area (Å²) in [6, 6.07) is -0.127. The Morgan fingerprint density at radius 1 is 1.50 bits per heavy atom. The summed E-state index contributed by atoms with van der Waals surface area (Å²) < 4.78 is 0. The van der Waals surface area contributed by atoms with Crippen molar-refractivity contribution in [2.24, 2.45) is 0 Å². The van der Waals surface area contributed by atoms with Gasteiger partial charge in [-0.05, 0) is 13.0 Å². The Balaban J connectivity index is 1.98. The van der Waals surface area contributed by atoms with E-state index in [1.54, 1.807) is 12.5 Å². The number of nitrogens with one attached hydrogen (secondary N) is 3. The summed E-state index contributed by atoms with van der Waals surface area (Å²) in [5.74, 6) is 0.0806. The van der Waals surface area contributed by atoms with Gasteiger partial charge in [-0.15, -0.1) is 0 Å². The molecule has 1 aromatic rings. The third-order valence-corrected chi connectivity index (χ3v) is 2.34. The van der Waals surface area contributed by atoms with Crippen molar-refractivity contribution in [2.75, 3.05) is 13.1 Å². The molecule has 2 heterocycles. The first-order chi connectivity index (χ1) is 6.86. The lowest BCUT2D eigenvalue weighted by molar-refractivity contribution is -0.122. The Morgan fingerprint density at radius 3 is 3.21 bits per heavy atom. The number of carbonyl (C=O) groups is 1. The van der Waals surface area contributed by atoms with Crippen LogP contribution in [0, 0.1) is 0 Å². The average Bonchev–Trinajstić information content (AvgIpc) is 2.60. The van der Waals surface area contributed by atoms with Gasteiger partial charge < -0.3 is 15.6 Å². The minimum Gasteiger partial charge on any atom is -0.355 e. The molecule has 0 radical (unpaired) electrons. The molecule has 5 heteroatoms. The SMILES string of the molecule is O=C1NCCCN[C@H]1Cc1cnc[nH]1. The minimum atomic E-state index is -0.127. The maximum atomic E-state index is 11.5. The van der Waals surface area contributed by atoms with Gasteiger partial charge in [0.25, 0.3) is 0 Å². The highest BCUT2D eigenvalue weighted by Crippen LogP contribution is 2.00. The Labute approximate surface area is 82.3 Å². The molecule has 0 spiro atoms. The molecular weight excluding hydrogens is 180 g/mol. The normalized spacial score (nSPS) is 22.9. The predicted molar refractivity (Wildman–Crippen MR) is 51.7 cm³/mol. The van der Waals surface area contributed by atoms with Crippen molar-refractivity contribution in [3.05, 3.63) is 18.2 Å². The van der Waals surface area contributed by atoms with E-state index < -0.39 is 0 Å². The van der Waals surface area contributed by atoms with Crippen LogP contribution >= 0.6 is 0 Å². The van der Waals surface area contributed by atoms with Gasteiger partial charge in [0.2, 0.25) is 5.91 Å². The van der Waals surface area contributed by atoms with Crippen LogP contribution in [0.2, 0.25) is 0 Å². The van der Waals surface area contributed by atoms with Crippen molar-refractivity contribution < 1.29 is 4.79 Å². The number of nitrogens with zero attached hydrogens (tertiary/aromatic N) is 1. The second-order valence-electron chi connectivity index (χ2n) is 3.43. The number of hydrogen-bond acceptors (Lipinski definition) is 3. The van der Waals surface area contributed by atoms with Crippen LogP contribution in [0.25, 0.3) is 0 Å². The molecule has 0 aromatic carbocycles. The predicted octanol–water partition coefficient (Wildman–Crippen LogP) is -0.570. The number of H-pyrrole nitrogens is 1. The molecule has 5 nitrogen and oxygen atoms in total. The number of aromatic nitrogens is 2. The summed E-state index contributed by atoms with van der Waals surface area (Å²) in [6.45, 7) is 1.66. The lowest BCUT2D eigenvalue weighted by Gasteiger charge is -2.12. The van der Waals surface area contributed by atoms with Crippen LogP contribution < -0.4 is 10.6 Å². The smallest absolute Gasteiger partial charge is 0.237 e. The van der Waals surface area contributed by atoms with Gasteiger partial charge in [-0.25, -0.2) is 4.98 Å². The summed E-state index contributed by atoms with van der Waals surface area (Å²) in [4.78, 5) is 18.4. The molecule has 2 rings (SSSR count). The molecule has 0 saturated carbocycles. The number of aromatic amines is 1. The quantitative estimate of drug-likeness (QED) is 0.590. The summed E-state index contributed by atoms with van der Waals surface area (Å²) in [7, 11) is 0. The monoisotopic (exact) mass is 194 g/mol. The Kier molecular flexibility index (Phi) is 2.78. The van der Waals surface area contributed by atoms with E-state index in [1.807, 2.05) is 0 Å². The van der Waals surface area contributed by atoms with Crippen molar-refractivity contribution in [2.45, 2.75) is 18.9 Å². The van der Waals surface area contributed by atoms with Crippen LogP contribution in [0.1, 0.15) is 12.1 Å². The van der Waals surface area contributed by atoms with E-state index in [9.17, 15) is 4.79 Å². The molecule has 1 fully saturated rings. The molecule has 76 valence electrons. The van der Waals surface area contributed by atoms with Crippen LogP contribution in [-0.4, -0.2) is 35.0 Å². The molecule has 0 bridgehead atoms. The Hall–Kier alpha value is -1.36. The molecule has 0 aliphatic carbocycles. The molecule has 0 unspecified atom stereocenters. The topological polar surface area (TPSA) is 69.8 Å². The van der Waals surface area contributed by atoms with E-state index >= 15 is 0 Å². The van der Waals surface area contributed by atoms with Crippen molar-refractivity contribution in [1.82, 2.24) is 20.6 Å². The van der Waals surface area contributed by atoms with Gasteiger partial charge >= 0.3 is 0 Å². The van der Waals surface area contributed by atoms with Crippen molar-refractivity contribution in [1.29, 1.82) is 0 Å². The van der Waals surface area contributed by atoms with Gasteiger partial charge in [0.05, 0.1) is 12.4 Å². The number of rotatable bonds is 2. The van der Waals surface area contributed by atoms with E-state index in [4.69, 9.17) is 0 Å². The van der Waals surface area contributed by atoms with Gasteiger partial charge in [-0.3, -0.25) is 4.79 Å². The maximum absolute atomic E-state index is 11.5. The lowest BCUT2D eigenvalue weighted by atomic mass is 10.1. The zero-order valence-corrected chi connectivity index (χ0v) is 7.92. The highest BCUT2D eigenvalue weighted by Gasteiger charge is 2.20. The highest BCUT2D eigenvalue weighted by molar-refractivity contribution is 5.82. The first-order valence-corrected chi connectivity index (χ1v) is 4.84. The van der Waals surface area contributed by atoms with E-state index in [0.717, 1.165) is 25.2 Å². The van der Waals surface area contributed by atoms with Crippen LogP contribution in [0.5, 0.6) is 0 Å². The zero-order valence-electron chi connectivity index (χ0n) is 7.92. The Morgan fingerprint density at radius 2 is 2.43 bits per heavy atom. The fraction of sp³-hybridized carbons (Fsp3) is 0.556. The molecule has 1 atom stereocenters. The van der Waals surface area contributed by atoms with Crippen molar-refractivity contribution in [3.63, 3.8) is 0 Å². The average molecular weight is 194 g/mol. The maximum Gasteiger partial charge on any atom is 0.237 e. The summed E-state index contributed by atoms with van der Waals surface area (Å²) in [5.41, 5.74) is 0.986. The summed E-state index contributed by atoms with van der Waals surface area (Å²) in [6.07, 6.45) is 5.04. The number of imidazole rings is 1. The molecule has 1 aliphatic rings. The van der Waals surface area contributed by atoms with E-state index in [2.05, 4.69) is 20.6 Å². The van der Waals surface area contributed by atoms with Crippen LogP contribution in [-0.2, 0) is 11.2 Å². The van der Waals surface area contributed by atoms with Gasteiger partial charge in [-0.2, -0.15) is 0 Å². The van der Waals surface area contributed by atoms with E-state index in [-0.39, 0.29) is 11.9 Å². The molecule has 1 aliphatic heterocycles. The zero-order chi connectivity index (χ0) is 9.80. The Bertz CT molecular complexity index is 296. The van der Waals surface area contributed by atoms with Gasteiger partial charge in [0, 0.05) is 24.9 Å². The molecule has 3 N–H and O–H groups in total. The number of amides is 1. The lowest BCUT2D eigenvalue weighted by Crippen LogP contribution is -2.42. The fourth-order valence-corrected chi connectivity index (χ4v) is 1.57. The van der Waals surface area contributed by atoms with Crippen molar-refractivity contribution >= 4 is 5.91 Å². The van der Waals surface area contributed by atoms with E-state index in [0.29, 0.717) is 6.42 Å². The molecule has 1 saturated heterocycles. The highest BCUT2D eigenvalue weighted by atomic mass is 16.2. The number of carbonyl (C=O) groups excluding carboxylic acids is 1. The van der Waals surface area contributed by atoms with Crippen molar-refractivity contribution in [3.8, 4) is 0 Å². The fourth-order valence-electron chi connectivity index (χ4n) is 1.57. The second-order valence-corrected chi connectivity index (χ2v) is 3.43. The molecule has 1 aromatic heterocycles. The third kappa shape index (κ3) is 2.11. The van der Waals surface area contributed by atoms with E-state index in [1.165, 1.54) is 0 Å². The minimum absolute atomic E-state index is 0.0806. The van der Waals surface area contributed by atoms with Gasteiger partial charge in [0.15, 0.2) is 0 Å². The number of hydrogen-bond donors (Lipinski definition) is 3. The summed E-state index contributed by atoms with van der Waals surface area (Å²) in [5, 5.41) is 6.08. The van der Waals surface area contributed by atoms with Gasteiger partial charge in [-0.1, -0.05) is 0 Å². The standard InChI is InChI=1S/C9H14N4O/c14-9-8(11-2-1-3-12-9)4-7-5-10-6-13-7/h5-6,8,11H,1-4H2,(H,10,13)(H,12,14)/t8-/m0/s1. The third-order valence-electron chi connectivity index (χ3n) is 2.34. The van der Waals surface area contributed by atoms with Crippen LogP contribution in [0.3, 0.4) is 0 Å². The largest absolute Gasteiger partial charge is 0.355 e. The van der Waals surface area contributed by atoms with Crippen LogP contribution in [0.15, 0.2) is 12.5 Å². The van der Waals surface area contributed by atoms with Gasteiger partial charge in [0.1, 0.15) is 0 Å². The molecule has 1 amide bonds. The van der Waals surface area contributed by atoms with Crippen LogP contribution in [0.4, 0.5) is 0 Å². The molecule has 14 heavy (non-hydrogen) atoms. The first-order valence-electron chi connectivity index (χ1n) is 4.84.